The van der Waals surface area contributed by atoms with Gasteiger partial charge in [0.25, 0.3) is 0 Å². The third kappa shape index (κ3) is 3.77. The molecule has 0 saturated carbocycles. The molecule has 1 fully saturated rings. The van der Waals surface area contributed by atoms with E-state index in [1.54, 1.807) is 11.4 Å². The van der Waals surface area contributed by atoms with Crippen LogP contribution in [0.1, 0.15) is 17.3 Å². The summed E-state index contributed by atoms with van der Waals surface area (Å²) in [7, 11) is 0. The quantitative estimate of drug-likeness (QED) is 0.671. The number of ketones is 1. The first-order valence-electron chi connectivity index (χ1n) is 8.70. The fourth-order valence-corrected chi connectivity index (χ4v) is 3.76. The molecule has 1 aliphatic heterocycles. The maximum atomic E-state index is 11.6. The molecule has 2 aromatic heterocycles. The molecule has 4 rings (SSSR count). The van der Waals surface area contributed by atoms with Crippen molar-refractivity contribution >= 4 is 27.2 Å². The lowest BCUT2D eigenvalue weighted by atomic mass is 10.1. The molecule has 0 radical (unpaired) electrons. The van der Waals surface area contributed by atoms with Gasteiger partial charge in [-0.1, -0.05) is 29.5 Å². The zero-order chi connectivity index (χ0) is 17.9. The maximum absolute atomic E-state index is 11.6. The number of morpholine rings is 1. The molecule has 0 atom stereocenters. The highest BCUT2D eigenvalue weighted by Gasteiger charge is 2.12. The predicted molar refractivity (Wildman–Crippen MR) is 102 cm³/mol. The number of aromatic nitrogens is 3. The Morgan fingerprint density at radius 1 is 1.35 bits per heavy atom. The van der Waals surface area contributed by atoms with E-state index in [0.29, 0.717) is 5.56 Å². The van der Waals surface area contributed by atoms with Crippen LogP contribution in [0.4, 0.5) is 5.13 Å². The summed E-state index contributed by atoms with van der Waals surface area (Å²) in [6.45, 7) is 7.02. The minimum absolute atomic E-state index is 0.0535. The molecule has 8 heteroatoms. The van der Waals surface area contributed by atoms with Crippen LogP contribution in [0.25, 0.3) is 16.2 Å². The predicted octanol–water partition coefficient (Wildman–Crippen LogP) is 2.40. The summed E-state index contributed by atoms with van der Waals surface area (Å²) in [5, 5.41) is 8.79. The lowest BCUT2D eigenvalue weighted by molar-refractivity contribution is 0.0398. The van der Waals surface area contributed by atoms with E-state index in [4.69, 9.17) is 4.74 Å². The van der Waals surface area contributed by atoms with Crippen LogP contribution < -0.4 is 5.32 Å². The van der Waals surface area contributed by atoms with E-state index in [1.807, 2.05) is 30.5 Å². The van der Waals surface area contributed by atoms with Gasteiger partial charge in [-0.2, -0.15) is 0 Å². The van der Waals surface area contributed by atoms with Gasteiger partial charge in [0.05, 0.1) is 25.1 Å². The van der Waals surface area contributed by atoms with Gasteiger partial charge >= 0.3 is 0 Å². The first-order valence-corrected chi connectivity index (χ1v) is 9.52. The minimum atomic E-state index is 0.0535. The molecular weight excluding hydrogens is 350 g/mol. The van der Waals surface area contributed by atoms with Gasteiger partial charge in [-0.05, 0) is 13.0 Å². The van der Waals surface area contributed by atoms with Gasteiger partial charge in [-0.25, -0.2) is 9.50 Å². The number of carbonyl (C=O) groups excluding carboxylic acids is 1. The Morgan fingerprint density at radius 2 is 2.19 bits per heavy atom. The van der Waals surface area contributed by atoms with Gasteiger partial charge in [0.15, 0.2) is 5.78 Å². The van der Waals surface area contributed by atoms with Crippen molar-refractivity contribution in [2.75, 3.05) is 44.7 Å². The number of ether oxygens (including phenoxy) is 1. The summed E-state index contributed by atoms with van der Waals surface area (Å²) in [4.78, 5) is 19.4. The largest absolute Gasteiger partial charge is 0.379 e. The number of nitrogens with one attached hydrogen (secondary N) is 1. The Labute approximate surface area is 155 Å². The third-order valence-electron chi connectivity index (χ3n) is 4.42. The van der Waals surface area contributed by atoms with Crippen LogP contribution in [-0.4, -0.2) is 64.7 Å². The molecule has 136 valence electrons. The molecule has 0 unspecified atom stereocenters. The normalized spacial score (nSPS) is 15.4. The third-order valence-corrected chi connectivity index (χ3v) is 5.30. The van der Waals surface area contributed by atoms with Crippen LogP contribution in [0.5, 0.6) is 0 Å². The molecule has 0 spiro atoms. The van der Waals surface area contributed by atoms with Crippen LogP contribution >= 0.6 is 11.3 Å². The Bertz CT molecular complexity index is 882. The number of anilines is 1. The fourth-order valence-electron chi connectivity index (χ4n) is 2.95. The molecule has 7 nitrogen and oxygen atoms in total. The lowest BCUT2D eigenvalue weighted by Gasteiger charge is -2.26. The number of imidazole rings is 1. The first-order chi connectivity index (χ1) is 12.7. The van der Waals surface area contributed by atoms with E-state index in [0.717, 1.165) is 60.7 Å². The first kappa shape index (κ1) is 17.1. The lowest BCUT2D eigenvalue weighted by Crippen LogP contribution is -2.39. The smallest absolute Gasteiger partial charge is 0.214 e. The number of fused-ring (bicyclic) bond motifs is 1. The summed E-state index contributed by atoms with van der Waals surface area (Å²) in [6.07, 6.45) is 1.90. The Kier molecular flexibility index (Phi) is 4.96. The van der Waals surface area contributed by atoms with Gasteiger partial charge in [0.1, 0.15) is 0 Å². The van der Waals surface area contributed by atoms with Crippen LogP contribution in [-0.2, 0) is 4.74 Å². The molecule has 3 heterocycles. The van der Waals surface area contributed by atoms with Gasteiger partial charge in [-0.3, -0.25) is 9.69 Å². The van der Waals surface area contributed by atoms with Crippen LogP contribution in [0.2, 0.25) is 0 Å². The average Bonchev–Trinajstić information content (AvgIpc) is 3.21. The summed E-state index contributed by atoms with van der Waals surface area (Å²) in [5.41, 5.74) is 2.45. The van der Waals surface area contributed by atoms with Crippen molar-refractivity contribution < 1.29 is 9.53 Å². The number of benzene rings is 1. The van der Waals surface area contributed by atoms with Crippen LogP contribution in [0.15, 0.2) is 30.5 Å². The fraction of sp³-hybridized carbons (Fsp3) is 0.389. The Hall–Kier alpha value is -2.29. The van der Waals surface area contributed by atoms with Gasteiger partial charge in [0.2, 0.25) is 10.1 Å². The Morgan fingerprint density at radius 3 is 2.96 bits per heavy atom. The number of Topliss-reactive ketones (excluding diaryl/α,β-unsaturated/α-hetero) is 1. The molecule has 26 heavy (non-hydrogen) atoms. The maximum Gasteiger partial charge on any atom is 0.214 e. The SMILES string of the molecule is CC(=O)c1cccc(-c2cn3nc(NCCN4CCOCC4)sc3n2)c1. The summed E-state index contributed by atoms with van der Waals surface area (Å²) in [6, 6.07) is 7.53. The molecule has 1 N–H and O–H groups in total. The van der Waals surface area contributed by atoms with Crippen molar-refractivity contribution in [3.63, 3.8) is 0 Å². The van der Waals surface area contributed by atoms with Gasteiger partial charge in [0, 0.05) is 37.3 Å². The molecular formula is C18H21N5O2S. The van der Waals surface area contributed by atoms with Crippen LogP contribution in [0, 0.1) is 0 Å². The molecule has 0 amide bonds. The summed E-state index contributed by atoms with van der Waals surface area (Å²) in [5.74, 6) is 0.0535. The van der Waals surface area contributed by atoms with E-state index in [2.05, 4.69) is 20.3 Å². The number of carbonyl (C=O) groups is 1. The van der Waals surface area contributed by atoms with E-state index in [1.165, 1.54) is 11.3 Å². The van der Waals surface area contributed by atoms with Crippen molar-refractivity contribution in [2.24, 2.45) is 0 Å². The van der Waals surface area contributed by atoms with E-state index in [-0.39, 0.29) is 5.78 Å². The van der Waals surface area contributed by atoms with Gasteiger partial charge < -0.3 is 10.1 Å². The highest BCUT2D eigenvalue weighted by Crippen LogP contribution is 2.25. The highest BCUT2D eigenvalue weighted by molar-refractivity contribution is 7.20. The monoisotopic (exact) mass is 371 g/mol. The number of rotatable bonds is 6. The molecule has 0 aliphatic carbocycles. The minimum Gasteiger partial charge on any atom is -0.379 e. The standard InChI is InChI=1S/C18H21N5O2S/c1-13(24)14-3-2-4-15(11-14)16-12-23-18(20-16)26-17(21-23)19-5-6-22-7-9-25-10-8-22/h2-4,11-12H,5-10H2,1H3,(H,19,21). The number of hydrogen-bond acceptors (Lipinski definition) is 7. The number of hydrogen-bond donors (Lipinski definition) is 1. The summed E-state index contributed by atoms with van der Waals surface area (Å²) >= 11 is 1.53. The molecule has 0 bridgehead atoms. The highest BCUT2D eigenvalue weighted by atomic mass is 32.1. The van der Waals surface area contributed by atoms with E-state index < -0.39 is 0 Å². The van der Waals surface area contributed by atoms with Crippen molar-refractivity contribution in [1.29, 1.82) is 0 Å². The second-order valence-electron chi connectivity index (χ2n) is 6.28. The number of nitrogens with zero attached hydrogens (tertiary/aromatic N) is 4. The zero-order valence-electron chi connectivity index (χ0n) is 14.6. The van der Waals surface area contributed by atoms with Crippen molar-refractivity contribution in [2.45, 2.75) is 6.92 Å². The van der Waals surface area contributed by atoms with E-state index in [9.17, 15) is 4.79 Å². The zero-order valence-corrected chi connectivity index (χ0v) is 15.5. The summed E-state index contributed by atoms with van der Waals surface area (Å²) < 4.78 is 7.15. The molecule has 1 saturated heterocycles. The van der Waals surface area contributed by atoms with Crippen LogP contribution in [0.3, 0.4) is 0 Å². The average molecular weight is 371 g/mol. The van der Waals surface area contributed by atoms with Crippen molar-refractivity contribution in [1.82, 2.24) is 19.5 Å². The second kappa shape index (κ2) is 7.53. The van der Waals surface area contributed by atoms with Crippen molar-refractivity contribution in [3.8, 4) is 11.3 Å². The molecule has 3 aromatic rings. The van der Waals surface area contributed by atoms with Gasteiger partial charge in [-0.15, -0.1) is 5.10 Å². The Balaban J connectivity index is 1.42. The second-order valence-corrected chi connectivity index (χ2v) is 7.23. The molecule has 1 aromatic carbocycles. The van der Waals surface area contributed by atoms with Crippen molar-refractivity contribution in [3.05, 3.63) is 36.0 Å². The van der Waals surface area contributed by atoms with E-state index >= 15 is 0 Å². The molecule has 1 aliphatic rings. The topological polar surface area (TPSA) is 71.8 Å².